The van der Waals surface area contributed by atoms with E-state index in [1.807, 2.05) is 55.8 Å². The highest BCUT2D eigenvalue weighted by atomic mass is 16.6. The molecule has 1 unspecified atom stereocenters. The second kappa shape index (κ2) is 7.54. The molecule has 3 aromatic rings. The van der Waals surface area contributed by atoms with Gasteiger partial charge in [-0.2, -0.15) is 5.10 Å². The minimum Gasteiger partial charge on any atom is -0.496 e. The Morgan fingerprint density at radius 3 is 2.58 bits per heavy atom. The molecular formula is C23H24N4O4. The first-order valence-corrected chi connectivity index (χ1v) is 10.00. The maximum atomic E-state index is 13.6. The van der Waals surface area contributed by atoms with E-state index < -0.39 is 16.4 Å². The van der Waals surface area contributed by atoms with Gasteiger partial charge in [0.05, 0.1) is 46.8 Å². The van der Waals surface area contributed by atoms with Gasteiger partial charge in [-0.25, -0.2) is 4.68 Å². The average Bonchev–Trinajstić information content (AvgIpc) is 3.06. The molecule has 0 aliphatic heterocycles. The molecule has 0 amide bonds. The van der Waals surface area contributed by atoms with E-state index in [-0.39, 0.29) is 17.2 Å². The Hall–Kier alpha value is -3.68. The lowest BCUT2D eigenvalue weighted by Crippen LogP contribution is -2.48. The van der Waals surface area contributed by atoms with Crippen LogP contribution in [0.25, 0.3) is 5.69 Å². The summed E-state index contributed by atoms with van der Waals surface area (Å²) >= 11 is 0. The molecule has 8 heteroatoms. The normalized spacial score (nSPS) is 17.2. The van der Waals surface area contributed by atoms with Gasteiger partial charge in [0, 0.05) is 0 Å². The van der Waals surface area contributed by atoms with Crippen LogP contribution in [-0.4, -0.2) is 33.6 Å². The molecule has 1 atom stereocenters. The van der Waals surface area contributed by atoms with Gasteiger partial charge in [0.25, 0.3) is 5.69 Å². The summed E-state index contributed by atoms with van der Waals surface area (Å²) in [5.41, 5.74) is 2.64. The zero-order chi connectivity index (χ0) is 22.3. The van der Waals surface area contributed by atoms with Crippen LogP contribution in [0.3, 0.4) is 0 Å². The van der Waals surface area contributed by atoms with Crippen molar-refractivity contribution in [3.8, 4) is 11.4 Å². The molecule has 1 aliphatic carbocycles. The SMILES string of the molecule is COc1ccc(NC2C(=O)c3c(C)nn(-c4ccccc4)c3CC2(C)C)c([N+](=O)[O-])c1. The number of benzene rings is 2. The number of hydrogen-bond acceptors (Lipinski definition) is 6. The first-order valence-electron chi connectivity index (χ1n) is 10.00. The Morgan fingerprint density at radius 1 is 1.23 bits per heavy atom. The minimum atomic E-state index is -0.640. The molecule has 0 saturated heterocycles. The topological polar surface area (TPSA) is 99.3 Å². The fourth-order valence-corrected chi connectivity index (χ4v) is 4.20. The first kappa shape index (κ1) is 20.6. The zero-order valence-corrected chi connectivity index (χ0v) is 17.9. The Balaban J connectivity index is 1.76. The Kier molecular flexibility index (Phi) is 5.00. The van der Waals surface area contributed by atoms with Crippen molar-refractivity contribution < 1.29 is 14.5 Å². The summed E-state index contributed by atoms with van der Waals surface area (Å²) in [7, 11) is 1.45. The van der Waals surface area contributed by atoms with E-state index in [1.165, 1.54) is 13.2 Å². The molecule has 0 saturated carbocycles. The summed E-state index contributed by atoms with van der Waals surface area (Å²) in [4.78, 5) is 24.7. The van der Waals surface area contributed by atoms with E-state index in [2.05, 4.69) is 10.4 Å². The number of ether oxygens (including phenoxy) is 1. The average molecular weight is 420 g/mol. The Labute approximate surface area is 180 Å². The molecular weight excluding hydrogens is 396 g/mol. The Morgan fingerprint density at radius 2 is 1.94 bits per heavy atom. The molecule has 4 rings (SSSR count). The van der Waals surface area contributed by atoms with Crippen LogP contribution in [-0.2, 0) is 6.42 Å². The van der Waals surface area contributed by atoms with Gasteiger partial charge in [-0.1, -0.05) is 32.0 Å². The van der Waals surface area contributed by atoms with Crippen molar-refractivity contribution in [1.29, 1.82) is 0 Å². The van der Waals surface area contributed by atoms with Gasteiger partial charge < -0.3 is 10.1 Å². The number of aromatic nitrogens is 2. The van der Waals surface area contributed by atoms with Gasteiger partial charge in [0.1, 0.15) is 11.4 Å². The van der Waals surface area contributed by atoms with E-state index in [0.717, 1.165) is 11.4 Å². The van der Waals surface area contributed by atoms with Crippen molar-refractivity contribution in [1.82, 2.24) is 9.78 Å². The summed E-state index contributed by atoms with van der Waals surface area (Å²) in [6, 6.07) is 13.6. The smallest absolute Gasteiger partial charge is 0.296 e. The van der Waals surface area contributed by atoms with Crippen LogP contribution in [0.15, 0.2) is 48.5 Å². The van der Waals surface area contributed by atoms with Crippen LogP contribution in [0.4, 0.5) is 11.4 Å². The van der Waals surface area contributed by atoms with Crippen LogP contribution in [0.5, 0.6) is 5.75 Å². The van der Waals surface area contributed by atoms with Crippen LogP contribution in [0, 0.1) is 22.5 Å². The summed E-state index contributed by atoms with van der Waals surface area (Å²) in [6.07, 6.45) is 0.589. The number of carbonyl (C=O) groups is 1. The van der Waals surface area contributed by atoms with Gasteiger partial charge in [0.2, 0.25) is 0 Å². The fraction of sp³-hybridized carbons (Fsp3) is 0.304. The highest BCUT2D eigenvalue weighted by Gasteiger charge is 2.45. The lowest BCUT2D eigenvalue weighted by molar-refractivity contribution is -0.384. The summed E-state index contributed by atoms with van der Waals surface area (Å²) in [5, 5.41) is 19.4. The van der Waals surface area contributed by atoms with E-state index in [1.54, 1.807) is 12.1 Å². The largest absolute Gasteiger partial charge is 0.496 e. The molecule has 8 nitrogen and oxygen atoms in total. The van der Waals surface area contributed by atoms with E-state index >= 15 is 0 Å². The van der Waals surface area contributed by atoms with Gasteiger partial charge in [0.15, 0.2) is 5.78 Å². The molecule has 0 fully saturated rings. The number of Topliss-reactive ketones (excluding diaryl/α,β-unsaturated/α-hetero) is 1. The van der Waals surface area contributed by atoms with Gasteiger partial charge in [-0.3, -0.25) is 14.9 Å². The number of anilines is 1. The third-order valence-corrected chi connectivity index (χ3v) is 5.77. The summed E-state index contributed by atoms with van der Waals surface area (Å²) in [5.74, 6) is 0.268. The molecule has 31 heavy (non-hydrogen) atoms. The number of nitro groups is 1. The molecule has 0 bridgehead atoms. The molecule has 1 aromatic heterocycles. The number of carbonyl (C=O) groups excluding carboxylic acids is 1. The summed E-state index contributed by atoms with van der Waals surface area (Å²) < 4.78 is 6.94. The predicted octanol–water partition coefficient (Wildman–Crippen LogP) is 4.34. The highest BCUT2D eigenvalue weighted by Crippen LogP contribution is 2.40. The van der Waals surface area contributed by atoms with Crippen molar-refractivity contribution in [3.63, 3.8) is 0 Å². The van der Waals surface area contributed by atoms with Crippen molar-refractivity contribution in [2.45, 2.75) is 33.2 Å². The number of fused-ring (bicyclic) bond motifs is 1. The van der Waals surface area contributed by atoms with Gasteiger partial charge in [-0.05, 0) is 43.0 Å². The third kappa shape index (κ3) is 3.54. The van der Waals surface area contributed by atoms with E-state index in [4.69, 9.17) is 4.74 Å². The van der Waals surface area contributed by atoms with Crippen LogP contribution >= 0.6 is 0 Å². The number of nitro benzene ring substituents is 1. The molecule has 2 aromatic carbocycles. The number of aryl methyl sites for hydroxylation is 1. The number of nitrogens with zero attached hydrogens (tertiary/aromatic N) is 3. The van der Waals surface area contributed by atoms with Crippen molar-refractivity contribution in [2.75, 3.05) is 12.4 Å². The predicted molar refractivity (Wildman–Crippen MR) is 117 cm³/mol. The van der Waals surface area contributed by atoms with Crippen molar-refractivity contribution in [3.05, 3.63) is 75.6 Å². The Bertz CT molecular complexity index is 1170. The monoisotopic (exact) mass is 420 g/mol. The van der Waals surface area contributed by atoms with Gasteiger partial charge >= 0.3 is 0 Å². The summed E-state index contributed by atoms with van der Waals surface area (Å²) in [6.45, 7) is 5.79. The molecule has 0 radical (unpaired) electrons. The maximum Gasteiger partial charge on any atom is 0.296 e. The number of para-hydroxylation sites is 1. The molecule has 1 heterocycles. The van der Waals surface area contributed by atoms with Crippen LogP contribution < -0.4 is 10.1 Å². The van der Waals surface area contributed by atoms with Crippen molar-refractivity contribution in [2.24, 2.45) is 5.41 Å². The second-order valence-corrected chi connectivity index (χ2v) is 8.40. The quantitative estimate of drug-likeness (QED) is 0.487. The lowest BCUT2D eigenvalue weighted by Gasteiger charge is -2.38. The van der Waals surface area contributed by atoms with Gasteiger partial charge in [-0.15, -0.1) is 0 Å². The second-order valence-electron chi connectivity index (χ2n) is 8.40. The van der Waals surface area contributed by atoms with E-state index in [0.29, 0.717) is 23.4 Å². The van der Waals surface area contributed by atoms with Crippen LogP contribution in [0.2, 0.25) is 0 Å². The number of hydrogen-bond donors (Lipinski definition) is 1. The van der Waals surface area contributed by atoms with E-state index in [9.17, 15) is 14.9 Å². The minimum absolute atomic E-state index is 0.115. The maximum absolute atomic E-state index is 13.6. The molecule has 1 aliphatic rings. The lowest BCUT2D eigenvalue weighted by atomic mass is 9.71. The molecule has 1 N–H and O–H groups in total. The number of methoxy groups -OCH3 is 1. The number of ketones is 1. The van der Waals surface area contributed by atoms with Crippen molar-refractivity contribution >= 4 is 17.2 Å². The highest BCUT2D eigenvalue weighted by molar-refractivity contribution is 6.05. The standard InChI is InChI=1S/C23H24N4O4/c1-14-20-19(26(25-14)15-8-6-5-7-9-15)13-23(2,3)22(21(20)28)24-17-11-10-16(31-4)12-18(17)27(29)30/h5-12,22,24H,13H2,1-4H3. The molecule has 0 spiro atoms. The number of rotatable bonds is 5. The van der Waals surface area contributed by atoms with Crippen LogP contribution in [0.1, 0.15) is 35.6 Å². The first-order chi connectivity index (χ1) is 14.7. The zero-order valence-electron chi connectivity index (χ0n) is 17.9. The molecule has 160 valence electrons. The number of nitrogens with one attached hydrogen (secondary N) is 1. The fourth-order valence-electron chi connectivity index (χ4n) is 4.20. The third-order valence-electron chi connectivity index (χ3n) is 5.77.